The molecule has 122 valence electrons. The second kappa shape index (κ2) is 9.34. The van der Waals surface area contributed by atoms with Crippen molar-refractivity contribution in [2.45, 2.75) is 19.6 Å². The number of rotatable bonds is 5. The first-order chi connectivity index (χ1) is 10.9. The van der Waals surface area contributed by atoms with Crippen LogP contribution in [0, 0.1) is 0 Å². The van der Waals surface area contributed by atoms with Crippen molar-refractivity contribution in [2.24, 2.45) is 4.99 Å². The van der Waals surface area contributed by atoms with E-state index in [9.17, 15) is 0 Å². The minimum absolute atomic E-state index is 0. The van der Waals surface area contributed by atoms with Gasteiger partial charge in [0.05, 0.1) is 5.69 Å². The van der Waals surface area contributed by atoms with E-state index in [1.807, 2.05) is 30.3 Å². The van der Waals surface area contributed by atoms with Gasteiger partial charge in [0.15, 0.2) is 5.96 Å². The average Bonchev–Trinajstić information content (AvgIpc) is 2.61. The van der Waals surface area contributed by atoms with Crippen molar-refractivity contribution < 1.29 is 4.74 Å². The van der Waals surface area contributed by atoms with Crippen molar-refractivity contribution in [1.82, 2.24) is 15.6 Å². The highest BCUT2D eigenvalue weighted by molar-refractivity contribution is 14.0. The summed E-state index contributed by atoms with van der Waals surface area (Å²) in [5, 5.41) is 6.55. The van der Waals surface area contributed by atoms with Gasteiger partial charge in [-0.1, -0.05) is 18.2 Å². The number of nitrogens with one attached hydrogen (secondary N) is 2. The molecule has 3 rings (SSSR count). The van der Waals surface area contributed by atoms with Crippen LogP contribution in [-0.2, 0) is 13.2 Å². The summed E-state index contributed by atoms with van der Waals surface area (Å²) in [4.78, 5) is 8.63. The van der Waals surface area contributed by atoms with E-state index in [-0.39, 0.29) is 24.0 Å². The Bertz CT molecular complexity index is 616. The Hall–Kier alpha value is -1.83. The Morgan fingerprint density at radius 1 is 1.13 bits per heavy atom. The number of halogens is 1. The number of nitrogens with zero attached hydrogens (tertiary/aromatic N) is 2. The summed E-state index contributed by atoms with van der Waals surface area (Å²) in [7, 11) is 0. The summed E-state index contributed by atoms with van der Waals surface area (Å²) in [6.07, 6.45) is 2.88. The summed E-state index contributed by atoms with van der Waals surface area (Å²) in [5.74, 6) is 1.74. The lowest BCUT2D eigenvalue weighted by atomic mass is 10.2. The zero-order valence-electron chi connectivity index (χ0n) is 12.9. The molecule has 0 fully saturated rings. The van der Waals surface area contributed by atoms with Crippen LogP contribution in [0.3, 0.4) is 0 Å². The van der Waals surface area contributed by atoms with E-state index >= 15 is 0 Å². The summed E-state index contributed by atoms with van der Waals surface area (Å²) in [6, 6.07) is 13.9. The molecule has 0 saturated carbocycles. The highest BCUT2D eigenvalue weighted by Crippen LogP contribution is 2.13. The second-order valence-electron chi connectivity index (χ2n) is 5.12. The van der Waals surface area contributed by atoms with Gasteiger partial charge in [0.2, 0.25) is 0 Å². The molecule has 6 heteroatoms. The van der Waals surface area contributed by atoms with E-state index in [0.29, 0.717) is 6.61 Å². The molecule has 0 amide bonds. The van der Waals surface area contributed by atoms with Crippen LogP contribution in [-0.4, -0.2) is 24.0 Å². The molecule has 1 aromatic carbocycles. The highest BCUT2D eigenvalue weighted by Gasteiger charge is 2.03. The largest absolute Gasteiger partial charge is 0.487 e. The van der Waals surface area contributed by atoms with Crippen LogP contribution >= 0.6 is 24.0 Å². The monoisotopic (exact) mass is 424 g/mol. The quantitative estimate of drug-likeness (QED) is 0.725. The van der Waals surface area contributed by atoms with Gasteiger partial charge < -0.3 is 15.4 Å². The molecule has 1 aliphatic rings. The Morgan fingerprint density at radius 3 is 2.70 bits per heavy atom. The van der Waals surface area contributed by atoms with Gasteiger partial charge in [-0.15, -0.1) is 24.0 Å². The van der Waals surface area contributed by atoms with Gasteiger partial charge in [-0.05, 0) is 36.2 Å². The van der Waals surface area contributed by atoms with Gasteiger partial charge in [0.25, 0.3) is 0 Å². The third-order valence-corrected chi connectivity index (χ3v) is 3.39. The standard InChI is InChI=1S/C17H20N4O.HI/c1-2-9-18-15(4-1)13-22-16-7-5-14(6-8-16)12-21-17-19-10-3-11-20-17;/h1-2,4-9H,3,10-13H2,(H2,19,20,21);1H. The lowest BCUT2D eigenvalue weighted by Gasteiger charge is -2.16. The van der Waals surface area contributed by atoms with Crippen molar-refractivity contribution in [3.8, 4) is 5.75 Å². The van der Waals surface area contributed by atoms with Gasteiger partial charge in [-0.25, -0.2) is 0 Å². The van der Waals surface area contributed by atoms with Crippen LogP contribution in [0.15, 0.2) is 53.7 Å². The second-order valence-corrected chi connectivity index (χ2v) is 5.12. The molecule has 0 spiro atoms. The molecule has 5 nitrogen and oxygen atoms in total. The fraction of sp³-hybridized carbons (Fsp3) is 0.294. The van der Waals surface area contributed by atoms with Crippen molar-refractivity contribution >= 4 is 29.9 Å². The Labute approximate surface area is 153 Å². The van der Waals surface area contributed by atoms with Gasteiger partial charge in [-0.3, -0.25) is 9.98 Å². The van der Waals surface area contributed by atoms with Gasteiger partial charge in [-0.2, -0.15) is 0 Å². The number of guanidine groups is 1. The summed E-state index contributed by atoms with van der Waals surface area (Å²) in [5.41, 5.74) is 2.12. The Morgan fingerprint density at radius 2 is 2.00 bits per heavy atom. The molecule has 0 saturated heterocycles. The maximum Gasteiger partial charge on any atom is 0.191 e. The van der Waals surface area contributed by atoms with E-state index in [1.165, 1.54) is 5.56 Å². The zero-order valence-corrected chi connectivity index (χ0v) is 15.2. The number of hydrogen-bond acceptors (Lipinski definition) is 5. The molecule has 0 unspecified atom stereocenters. The Kier molecular flexibility index (Phi) is 7.12. The first-order valence-electron chi connectivity index (χ1n) is 7.54. The summed E-state index contributed by atoms with van der Waals surface area (Å²) < 4.78 is 5.72. The van der Waals surface area contributed by atoms with E-state index < -0.39 is 0 Å². The maximum atomic E-state index is 5.72. The molecule has 0 bridgehead atoms. The average molecular weight is 424 g/mol. The highest BCUT2D eigenvalue weighted by atomic mass is 127. The van der Waals surface area contributed by atoms with Crippen molar-refractivity contribution in [3.63, 3.8) is 0 Å². The molecular formula is C17H21IN4O. The summed E-state index contributed by atoms with van der Waals surface area (Å²) in [6.45, 7) is 3.13. The topological polar surface area (TPSA) is 58.5 Å². The molecule has 23 heavy (non-hydrogen) atoms. The first kappa shape index (κ1) is 17.5. The molecule has 2 heterocycles. The van der Waals surface area contributed by atoms with Crippen LogP contribution < -0.4 is 15.4 Å². The van der Waals surface area contributed by atoms with Gasteiger partial charge in [0.1, 0.15) is 12.4 Å². The van der Waals surface area contributed by atoms with Gasteiger partial charge in [0, 0.05) is 25.8 Å². The van der Waals surface area contributed by atoms with E-state index in [2.05, 4.69) is 32.7 Å². The van der Waals surface area contributed by atoms with Crippen LogP contribution in [0.5, 0.6) is 5.75 Å². The van der Waals surface area contributed by atoms with E-state index in [4.69, 9.17) is 4.74 Å². The van der Waals surface area contributed by atoms with Crippen LogP contribution in [0.25, 0.3) is 0 Å². The fourth-order valence-electron chi connectivity index (χ4n) is 2.18. The predicted molar refractivity (Wildman–Crippen MR) is 102 cm³/mol. The normalized spacial score (nSPS) is 13.3. The lowest BCUT2D eigenvalue weighted by Crippen LogP contribution is -2.40. The lowest BCUT2D eigenvalue weighted by molar-refractivity contribution is 0.301. The maximum absolute atomic E-state index is 5.72. The first-order valence-corrected chi connectivity index (χ1v) is 7.54. The predicted octanol–water partition coefficient (Wildman–Crippen LogP) is 2.72. The number of benzene rings is 1. The Balaban J connectivity index is 0.00000192. The minimum Gasteiger partial charge on any atom is -0.487 e. The van der Waals surface area contributed by atoms with Crippen LogP contribution in [0.1, 0.15) is 17.7 Å². The van der Waals surface area contributed by atoms with E-state index in [0.717, 1.165) is 43.5 Å². The molecule has 2 N–H and O–H groups in total. The SMILES string of the molecule is I.c1ccc(COc2ccc(CNC3=NCCCN3)cc2)nc1. The molecule has 2 aromatic rings. The van der Waals surface area contributed by atoms with Crippen LogP contribution in [0.4, 0.5) is 0 Å². The number of ether oxygens (including phenoxy) is 1. The molecule has 0 atom stereocenters. The van der Waals surface area contributed by atoms with Crippen LogP contribution in [0.2, 0.25) is 0 Å². The molecule has 0 aliphatic carbocycles. The zero-order chi connectivity index (χ0) is 15.0. The third kappa shape index (κ3) is 5.70. The van der Waals surface area contributed by atoms with Crippen molar-refractivity contribution in [1.29, 1.82) is 0 Å². The van der Waals surface area contributed by atoms with Gasteiger partial charge >= 0.3 is 0 Å². The third-order valence-electron chi connectivity index (χ3n) is 3.39. The minimum atomic E-state index is 0. The number of pyridine rings is 1. The number of hydrogen-bond donors (Lipinski definition) is 2. The van der Waals surface area contributed by atoms with Crippen molar-refractivity contribution in [2.75, 3.05) is 13.1 Å². The van der Waals surface area contributed by atoms with E-state index in [1.54, 1.807) is 6.20 Å². The number of aromatic nitrogens is 1. The molecule has 1 aromatic heterocycles. The summed E-state index contributed by atoms with van der Waals surface area (Å²) >= 11 is 0. The number of aliphatic imine (C=N–C) groups is 1. The van der Waals surface area contributed by atoms with Crippen molar-refractivity contribution in [3.05, 3.63) is 59.9 Å². The molecule has 0 radical (unpaired) electrons. The fourth-order valence-corrected chi connectivity index (χ4v) is 2.18. The molecular weight excluding hydrogens is 403 g/mol. The molecule has 1 aliphatic heterocycles. The smallest absolute Gasteiger partial charge is 0.191 e.